The highest BCUT2D eigenvalue weighted by Gasteiger charge is 2.32. The fourth-order valence-electron chi connectivity index (χ4n) is 2.84. The highest BCUT2D eigenvalue weighted by Crippen LogP contribution is 2.30. The van der Waals surface area contributed by atoms with Gasteiger partial charge in [0.05, 0.1) is 5.92 Å². The smallest absolute Gasteiger partial charge is 0.230 e. The first kappa shape index (κ1) is 15.6. The lowest BCUT2D eigenvalue weighted by Crippen LogP contribution is -2.46. The third kappa shape index (κ3) is 3.63. The molecule has 1 amide bonds. The van der Waals surface area contributed by atoms with Gasteiger partial charge >= 0.3 is 0 Å². The molecule has 1 unspecified atom stereocenters. The van der Waals surface area contributed by atoms with E-state index in [2.05, 4.69) is 39.9 Å². The number of halogens is 1. The second-order valence-corrected chi connectivity index (χ2v) is 6.32. The molecule has 0 saturated heterocycles. The highest BCUT2D eigenvalue weighted by atomic mass is 79.9. The topological polar surface area (TPSA) is 20.3 Å². The molecule has 20 heavy (non-hydrogen) atoms. The van der Waals surface area contributed by atoms with Crippen molar-refractivity contribution in [2.75, 3.05) is 11.9 Å². The van der Waals surface area contributed by atoms with Crippen LogP contribution in [-0.2, 0) is 4.79 Å². The van der Waals surface area contributed by atoms with Crippen molar-refractivity contribution in [1.82, 2.24) is 4.90 Å². The minimum absolute atomic E-state index is 0.0205. The van der Waals surface area contributed by atoms with Crippen LogP contribution in [0.3, 0.4) is 0 Å². The fraction of sp³-hybridized carbons (Fsp3) is 0.588. The number of hydrogen-bond acceptors (Lipinski definition) is 1. The Labute approximate surface area is 130 Å². The summed E-state index contributed by atoms with van der Waals surface area (Å²) >= 11 is 3.48. The van der Waals surface area contributed by atoms with E-state index in [4.69, 9.17) is 0 Å². The molecule has 0 radical (unpaired) electrons. The van der Waals surface area contributed by atoms with E-state index in [1.807, 2.05) is 18.2 Å². The van der Waals surface area contributed by atoms with Crippen LogP contribution in [0.15, 0.2) is 30.3 Å². The van der Waals surface area contributed by atoms with E-state index in [-0.39, 0.29) is 5.92 Å². The Morgan fingerprint density at radius 2 is 2.05 bits per heavy atom. The predicted molar refractivity (Wildman–Crippen MR) is 87.2 cm³/mol. The zero-order valence-corrected chi connectivity index (χ0v) is 13.8. The van der Waals surface area contributed by atoms with Crippen LogP contribution in [0, 0.1) is 0 Å². The van der Waals surface area contributed by atoms with Crippen LogP contribution in [0.5, 0.6) is 0 Å². The van der Waals surface area contributed by atoms with E-state index >= 15 is 0 Å². The molecule has 1 aliphatic carbocycles. The summed E-state index contributed by atoms with van der Waals surface area (Å²) in [5.41, 5.74) is 1.16. The predicted octanol–water partition coefficient (Wildman–Crippen LogP) is 4.35. The number of hydrogen-bond donors (Lipinski definition) is 0. The van der Waals surface area contributed by atoms with Crippen molar-refractivity contribution in [2.24, 2.45) is 0 Å². The van der Waals surface area contributed by atoms with Crippen molar-refractivity contribution in [1.29, 1.82) is 0 Å². The highest BCUT2D eigenvalue weighted by molar-refractivity contribution is 9.09. The van der Waals surface area contributed by atoms with Gasteiger partial charge in [-0.15, -0.1) is 0 Å². The molecule has 1 saturated carbocycles. The van der Waals surface area contributed by atoms with Crippen LogP contribution in [0.1, 0.15) is 50.5 Å². The Hall–Kier alpha value is -0.830. The summed E-state index contributed by atoms with van der Waals surface area (Å²) in [6, 6.07) is 10.7. The fourth-order valence-corrected chi connectivity index (χ4v) is 3.09. The van der Waals surface area contributed by atoms with Gasteiger partial charge in [0.2, 0.25) is 5.91 Å². The Morgan fingerprint density at radius 1 is 1.35 bits per heavy atom. The minimum atomic E-state index is 0.0205. The molecule has 2 nitrogen and oxygen atoms in total. The normalized spacial score (nSPS) is 16.5. The van der Waals surface area contributed by atoms with Crippen LogP contribution in [0.2, 0.25) is 0 Å². The SMILES string of the molecule is CCC(C(=O)N(CCCBr)C1CCC1)c1ccccc1. The Kier molecular flexibility index (Phi) is 6.08. The minimum Gasteiger partial charge on any atom is -0.339 e. The zero-order chi connectivity index (χ0) is 14.4. The lowest BCUT2D eigenvalue weighted by Gasteiger charge is -2.39. The molecule has 3 heteroatoms. The summed E-state index contributed by atoms with van der Waals surface area (Å²) in [6.45, 7) is 3.00. The molecule has 1 fully saturated rings. The van der Waals surface area contributed by atoms with Gasteiger partial charge in [-0.05, 0) is 37.7 Å². The molecule has 0 heterocycles. The summed E-state index contributed by atoms with van der Waals surface area (Å²) in [4.78, 5) is 15.1. The van der Waals surface area contributed by atoms with Crippen molar-refractivity contribution < 1.29 is 4.79 Å². The van der Waals surface area contributed by atoms with Crippen LogP contribution in [0.4, 0.5) is 0 Å². The number of carbonyl (C=O) groups is 1. The van der Waals surface area contributed by atoms with Gasteiger partial charge in [-0.1, -0.05) is 53.2 Å². The summed E-state index contributed by atoms with van der Waals surface area (Å²) < 4.78 is 0. The molecular weight excluding hydrogens is 314 g/mol. The first-order valence-corrected chi connectivity index (χ1v) is 8.81. The summed E-state index contributed by atoms with van der Waals surface area (Å²) in [6.07, 6.45) is 5.54. The second kappa shape index (κ2) is 7.82. The van der Waals surface area contributed by atoms with Gasteiger partial charge in [-0.2, -0.15) is 0 Å². The molecule has 0 bridgehead atoms. The van der Waals surface area contributed by atoms with Crippen LogP contribution in [0.25, 0.3) is 0 Å². The molecule has 0 aliphatic heterocycles. The monoisotopic (exact) mass is 337 g/mol. The van der Waals surface area contributed by atoms with Gasteiger partial charge in [0.15, 0.2) is 0 Å². The Balaban J connectivity index is 2.11. The van der Waals surface area contributed by atoms with E-state index < -0.39 is 0 Å². The summed E-state index contributed by atoms with van der Waals surface area (Å²) in [5, 5.41) is 0.964. The van der Waals surface area contributed by atoms with Crippen LogP contribution in [-0.4, -0.2) is 28.7 Å². The standard InChI is InChI=1S/C17H24BrNO/c1-2-16(14-8-4-3-5-9-14)17(20)19(13-7-12-18)15-10-6-11-15/h3-5,8-9,15-16H,2,6-7,10-13H2,1H3. The Morgan fingerprint density at radius 3 is 2.55 bits per heavy atom. The summed E-state index contributed by atoms with van der Waals surface area (Å²) in [7, 11) is 0. The molecule has 1 atom stereocenters. The van der Waals surface area contributed by atoms with Gasteiger partial charge in [-0.25, -0.2) is 0 Å². The lowest BCUT2D eigenvalue weighted by atomic mass is 9.88. The molecule has 0 aromatic heterocycles. The number of benzene rings is 1. The lowest BCUT2D eigenvalue weighted by molar-refractivity contribution is -0.137. The van der Waals surface area contributed by atoms with E-state index in [1.165, 1.54) is 19.3 Å². The number of alkyl halides is 1. The average molecular weight is 338 g/mol. The molecule has 1 aromatic carbocycles. The van der Waals surface area contributed by atoms with Crippen LogP contribution >= 0.6 is 15.9 Å². The van der Waals surface area contributed by atoms with Crippen molar-refractivity contribution in [3.05, 3.63) is 35.9 Å². The molecule has 1 aromatic rings. The maximum Gasteiger partial charge on any atom is 0.230 e. The number of rotatable bonds is 7. The van der Waals surface area contributed by atoms with Gasteiger partial charge < -0.3 is 4.90 Å². The largest absolute Gasteiger partial charge is 0.339 e. The quantitative estimate of drug-likeness (QED) is 0.677. The van der Waals surface area contributed by atoms with Gasteiger partial charge in [-0.3, -0.25) is 4.79 Å². The van der Waals surface area contributed by atoms with Crippen molar-refractivity contribution in [2.45, 2.75) is 51.0 Å². The molecular formula is C17H24BrNO. The van der Waals surface area contributed by atoms with E-state index in [9.17, 15) is 4.79 Å². The molecule has 0 spiro atoms. The molecule has 110 valence electrons. The van der Waals surface area contributed by atoms with Crippen molar-refractivity contribution >= 4 is 21.8 Å². The van der Waals surface area contributed by atoms with Crippen molar-refractivity contribution in [3.63, 3.8) is 0 Å². The Bertz CT molecular complexity index is 416. The molecule has 2 rings (SSSR count). The first-order valence-electron chi connectivity index (χ1n) is 7.69. The number of carbonyl (C=O) groups excluding carboxylic acids is 1. The van der Waals surface area contributed by atoms with Gasteiger partial charge in [0.1, 0.15) is 0 Å². The average Bonchev–Trinajstić information content (AvgIpc) is 2.43. The van der Waals surface area contributed by atoms with Gasteiger partial charge in [0, 0.05) is 17.9 Å². The second-order valence-electron chi connectivity index (χ2n) is 5.53. The van der Waals surface area contributed by atoms with E-state index in [0.29, 0.717) is 11.9 Å². The van der Waals surface area contributed by atoms with E-state index in [0.717, 1.165) is 30.3 Å². The van der Waals surface area contributed by atoms with Crippen molar-refractivity contribution in [3.8, 4) is 0 Å². The third-order valence-corrected chi connectivity index (χ3v) is 4.80. The molecule has 0 N–H and O–H groups in total. The number of amides is 1. The summed E-state index contributed by atoms with van der Waals surface area (Å²) in [5.74, 6) is 0.344. The number of nitrogens with zero attached hydrogens (tertiary/aromatic N) is 1. The van der Waals surface area contributed by atoms with Gasteiger partial charge in [0.25, 0.3) is 0 Å². The zero-order valence-electron chi connectivity index (χ0n) is 12.2. The third-order valence-electron chi connectivity index (χ3n) is 4.24. The van der Waals surface area contributed by atoms with E-state index in [1.54, 1.807) is 0 Å². The van der Waals surface area contributed by atoms with Crippen LogP contribution < -0.4 is 0 Å². The first-order chi connectivity index (χ1) is 9.77. The maximum atomic E-state index is 12.9. The molecule has 1 aliphatic rings. The maximum absolute atomic E-state index is 12.9.